The third kappa shape index (κ3) is 6.37. The fraction of sp³-hybridized carbons (Fsp3) is 0.387. The van der Waals surface area contributed by atoms with Crippen LogP contribution in [0, 0.1) is 25.6 Å². The van der Waals surface area contributed by atoms with Gasteiger partial charge in [0.25, 0.3) is 0 Å². The fourth-order valence-corrected chi connectivity index (χ4v) is 5.72. The molecule has 1 aliphatic rings. The van der Waals surface area contributed by atoms with Crippen molar-refractivity contribution in [1.82, 2.24) is 20.3 Å². The molecule has 0 spiro atoms. The minimum atomic E-state index is -0.476. The van der Waals surface area contributed by atoms with Crippen molar-refractivity contribution >= 4 is 29.7 Å². The molecule has 1 fully saturated rings. The van der Waals surface area contributed by atoms with Gasteiger partial charge >= 0.3 is 0 Å². The van der Waals surface area contributed by atoms with Gasteiger partial charge in [-0.05, 0) is 102 Å². The molecule has 2 aromatic carbocycles. The van der Waals surface area contributed by atoms with Crippen LogP contribution in [0.4, 0.5) is 15.8 Å². The van der Waals surface area contributed by atoms with E-state index in [1.165, 1.54) is 6.07 Å². The molecular formula is C31H39FN6O. The molecule has 7 nitrogen and oxygen atoms in total. The van der Waals surface area contributed by atoms with Crippen LogP contribution in [0.5, 0.6) is 5.75 Å². The first kappa shape index (κ1) is 29.6. The Kier molecular flexibility index (Phi) is 8.67. The summed E-state index contributed by atoms with van der Waals surface area (Å²) in [5.41, 5.74) is 5.35. The highest BCUT2D eigenvalue weighted by atomic mass is 19.1. The molecule has 39 heavy (non-hydrogen) atoms. The fourth-order valence-electron chi connectivity index (χ4n) is 5.72. The predicted molar refractivity (Wildman–Crippen MR) is 160 cm³/mol. The van der Waals surface area contributed by atoms with Gasteiger partial charge in [0.1, 0.15) is 17.1 Å². The van der Waals surface area contributed by atoms with E-state index in [9.17, 15) is 9.50 Å². The molecule has 8 heteroatoms. The van der Waals surface area contributed by atoms with Gasteiger partial charge in [-0.25, -0.2) is 9.07 Å². The van der Waals surface area contributed by atoms with Crippen LogP contribution in [0.1, 0.15) is 70.5 Å². The number of phenolic OH excluding ortho intramolecular Hbond substituents is 1. The smallest absolute Gasteiger partial charge is 0.151 e. The van der Waals surface area contributed by atoms with Gasteiger partial charge in [-0.3, -0.25) is 4.99 Å². The average molecular weight is 531 g/mol. The molecule has 1 aromatic heterocycles. The van der Waals surface area contributed by atoms with Crippen LogP contribution in [-0.4, -0.2) is 44.9 Å². The van der Waals surface area contributed by atoms with E-state index < -0.39 is 5.82 Å². The summed E-state index contributed by atoms with van der Waals surface area (Å²) < 4.78 is 16.6. The number of aliphatic imine (C=N–C) groups is 1. The summed E-state index contributed by atoms with van der Waals surface area (Å²) in [6.45, 7) is 16.3. The van der Waals surface area contributed by atoms with Crippen LogP contribution in [-0.2, 0) is 0 Å². The predicted octanol–water partition coefficient (Wildman–Crippen LogP) is 6.76. The normalized spacial score (nSPS) is 16.7. The second kappa shape index (κ2) is 11.4. The highest BCUT2D eigenvalue weighted by Gasteiger charge is 2.39. The van der Waals surface area contributed by atoms with Gasteiger partial charge < -0.3 is 15.7 Å². The topological polar surface area (TPSA) is 87.4 Å². The number of aromatic hydroxyl groups is 1. The van der Waals surface area contributed by atoms with E-state index >= 15 is 0 Å². The summed E-state index contributed by atoms with van der Waals surface area (Å²) in [6.07, 6.45) is 11.9. The van der Waals surface area contributed by atoms with Gasteiger partial charge in [0.15, 0.2) is 5.82 Å². The number of hydrogen-bond donors (Lipinski definition) is 3. The Bertz CT molecular complexity index is 1400. The van der Waals surface area contributed by atoms with E-state index in [0.29, 0.717) is 22.4 Å². The number of aromatic nitrogens is 3. The van der Waals surface area contributed by atoms with Crippen molar-refractivity contribution in [2.75, 3.05) is 12.4 Å². The molecular weight excluding hydrogens is 491 g/mol. The van der Waals surface area contributed by atoms with Crippen molar-refractivity contribution in [3.8, 4) is 29.7 Å². The summed E-state index contributed by atoms with van der Waals surface area (Å²) >= 11 is 0. The molecule has 4 rings (SSSR count). The summed E-state index contributed by atoms with van der Waals surface area (Å²) in [7, 11) is 1.70. The standard InChI is InChI=1S/C29H37FN6O.C2H2/c1-17(11-24-18(2)36(35-33-24)21-15-28(3,4)34-29(5,6)16-21)22-10-9-19(14-26(22)37)20-12-23(30)27(32-8)25(13-20)31-7;1-2/h9-14,21,31,34,37H,8,15-16H2,1-7H3;1-2H/b17-11+;. The van der Waals surface area contributed by atoms with Crippen LogP contribution in [0.3, 0.4) is 0 Å². The number of terminal acetylenes is 1. The Morgan fingerprint density at radius 2 is 1.82 bits per heavy atom. The molecule has 0 radical (unpaired) electrons. The van der Waals surface area contributed by atoms with Crippen molar-refractivity contribution in [2.45, 2.75) is 71.5 Å². The second-order valence-electron chi connectivity index (χ2n) is 11.3. The number of hydrogen-bond acceptors (Lipinski definition) is 6. The number of nitrogens with one attached hydrogen (secondary N) is 2. The Balaban J connectivity index is 0.00000205. The number of piperidine rings is 1. The summed E-state index contributed by atoms with van der Waals surface area (Å²) in [5.74, 6) is -0.369. The third-order valence-corrected chi connectivity index (χ3v) is 7.08. The van der Waals surface area contributed by atoms with Crippen LogP contribution in [0.15, 0.2) is 35.3 Å². The first-order valence-electron chi connectivity index (χ1n) is 12.9. The maximum Gasteiger partial charge on any atom is 0.151 e. The van der Waals surface area contributed by atoms with Crippen molar-refractivity contribution in [3.63, 3.8) is 0 Å². The molecule has 0 bridgehead atoms. The molecule has 0 atom stereocenters. The molecule has 1 aliphatic heterocycles. The number of nitrogens with zero attached hydrogens (tertiary/aromatic N) is 4. The number of rotatable bonds is 6. The first-order valence-corrected chi connectivity index (χ1v) is 12.9. The van der Waals surface area contributed by atoms with Crippen molar-refractivity contribution < 1.29 is 9.50 Å². The largest absolute Gasteiger partial charge is 0.507 e. The Labute approximate surface area is 231 Å². The lowest BCUT2D eigenvalue weighted by atomic mass is 9.79. The van der Waals surface area contributed by atoms with Crippen molar-refractivity contribution in [2.24, 2.45) is 4.99 Å². The Morgan fingerprint density at radius 3 is 2.38 bits per heavy atom. The van der Waals surface area contributed by atoms with E-state index in [0.717, 1.165) is 29.8 Å². The van der Waals surface area contributed by atoms with Gasteiger partial charge in [0.05, 0.1) is 17.4 Å². The minimum absolute atomic E-state index is 0.00362. The van der Waals surface area contributed by atoms with E-state index in [1.807, 2.05) is 36.7 Å². The molecule has 0 aliphatic carbocycles. The maximum absolute atomic E-state index is 14.5. The van der Waals surface area contributed by atoms with Gasteiger partial charge in [-0.15, -0.1) is 17.9 Å². The summed E-state index contributed by atoms with van der Waals surface area (Å²) in [5, 5.41) is 26.5. The third-order valence-electron chi connectivity index (χ3n) is 7.08. The number of benzene rings is 2. The average Bonchev–Trinajstić information content (AvgIpc) is 3.22. The van der Waals surface area contributed by atoms with Gasteiger partial charge in [-0.2, -0.15) is 0 Å². The van der Waals surface area contributed by atoms with E-state index in [1.54, 1.807) is 19.2 Å². The van der Waals surface area contributed by atoms with Gasteiger partial charge in [-0.1, -0.05) is 17.3 Å². The molecule has 3 aromatic rings. The molecule has 2 heterocycles. The summed E-state index contributed by atoms with van der Waals surface area (Å²) in [6, 6.07) is 8.78. The zero-order chi connectivity index (χ0) is 29.1. The number of halogens is 1. The zero-order valence-electron chi connectivity index (χ0n) is 23.9. The van der Waals surface area contributed by atoms with E-state index in [-0.39, 0.29) is 28.6 Å². The lowest BCUT2D eigenvalue weighted by Crippen LogP contribution is -2.58. The van der Waals surface area contributed by atoms with E-state index in [4.69, 9.17) is 0 Å². The quantitative estimate of drug-likeness (QED) is 0.242. The molecule has 3 N–H and O–H groups in total. The number of anilines is 1. The molecule has 0 amide bonds. The Hall–Kier alpha value is -3.96. The highest BCUT2D eigenvalue weighted by Crippen LogP contribution is 2.38. The van der Waals surface area contributed by atoms with Crippen LogP contribution >= 0.6 is 0 Å². The van der Waals surface area contributed by atoms with Crippen molar-refractivity contribution in [3.05, 3.63) is 53.1 Å². The van der Waals surface area contributed by atoms with Crippen LogP contribution < -0.4 is 10.6 Å². The first-order chi connectivity index (χ1) is 18.3. The van der Waals surface area contributed by atoms with Crippen LogP contribution in [0.2, 0.25) is 0 Å². The number of phenols is 1. The lowest BCUT2D eigenvalue weighted by molar-refractivity contribution is 0.124. The minimum Gasteiger partial charge on any atom is -0.507 e. The number of allylic oxidation sites excluding steroid dienone is 1. The lowest BCUT2D eigenvalue weighted by Gasteiger charge is -2.46. The van der Waals surface area contributed by atoms with Gasteiger partial charge in [0.2, 0.25) is 0 Å². The Morgan fingerprint density at radius 1 is 1.18 bits per heavy atom. The molecule has 0 saturated carbocycles. The zero-order valence-corrected chi connectivity index (χ0v) is 23.9. The molecule has 206 valence electrons. The SMILES string of the molecule is C#C.C=Nc1c(F)cc(-c2ccc(/C(C)=C/c3nnn(C4CC(C)(C)NC(C)(C)C4)c3C)c(O)c2)cc1NC. The van der Waals surface area contributed by atoms with Crippen LogP contribution in [0.25, 0.3) is 22.8 Å². The maximum atomic E-state index is 14.5. The highest BCUT2D eigenvalue weighted by molar-refractivity contribution is 5.84. The monoisotopic (exact) mass is 530 g/mol. The second-order valence-corrected chi connectivity index (χ2v) is 11.3. The summed E-state index contributed by atoms with van der Waals surface area (Å²) in [4.78, 5) is 3.76. The molecule has 0 unspecified atom stereocenters. The van der Waals surface area contributed by atoms with Gasteiger partial charge in [0, 0.05) is 23.7 Å². The van der Waals surface area contributed by atoms with Crippen molar-refractivity contribution in [1.29, 1.82) is 0 Å². The molecule has 1 saturated heterocycles. The van der Waals surface area contributed by atoms with E-state index in [2.05, 4.69) is 73.2 Å².